The Labute approximate surface area is 308 Å². The number of carbonyl (C=O) groups excluding carboxylic acids is 3. The number of aromatic nitrogens is 1. The van der Waals surface area contributed by atoms with Gasteiger partial charge in [-0.3, -0.25) is 14.6 Å². The lowest BCUT2D eigenvalue weighted by molar-refractivity contribution is -0.267. The number of aliphatic hydroxyl groups excluding tert-OH is 1. The first-order chi connectivity index (χ1) is 25.0. The highest BCUT2D eigenvalue weighted by molar-refractivity contribution is 5.89. The Morgan fingerprint density at radius 2 is 1.72 bits per heavy atom. The first kappa shape index (κ1) is 37.7. The van der Waals surface area contributed by atoms with Crippen LogP contribution in [0.1, 0.15) is 95.3 Å². The molecule has 12 heteroatoms. The lowest BCUT2D eigenvalue weighted by Crippen LogP contribution is -2.71. The summed E-state index contributed by atoms with van der Waals surface area (Å²) >= 11 is 0. The van der Waals surface area contributed by atoms with Crippen molar-refractivity contribution in [2.45, 2.75) is 91.6 Å². The van der Waals surface area contributed by atoms with Crippen LogP contribution in [0.15, 0.2) is 64.1 Å². The number of hydrogen-bond acceptors (Lipinski definition) is 12. The van der Waals surface area contributed by atoms with Crippen LogP contribution in [0.4, 0.5) is 0 Å². The summed E-state index contributed by atoms with van der Waals surface area (Å²) in [5, 5.41) is 21.8. The van der Waals surface area contributed by atoms with Gasteiger partial charge in [-0.2, -0.15) is 5.26 Å². The van der Waals surface area contributed by atoms with Gasteiger partial charge in [0.2, 0.25) is 0 Å². The molecule has 2 aliphatic carbocycles. The predicted octanol–water partition coefficient (Wildman–Crippen LogP) is 6.19. The minimum Gasteiger partial charge on any atom is -0.482 e. The summed E-state index contributed by atoms with van der Waals surface area (Å²) in [5.41, 5.74) is -2.98. The maximum Gasteiger partial charge on any atom is 0.345 e. The Morgan fingerprint density at radius 1 is 1.02 bits per heavy atom. The van der Waals surface area contributed by atoms with Crippen LogP contribution in [0, 0.1) is 45.8 Å². The smallest absolute Gasteiger partial charge is 0.345 e. The highest BCUT2D eigenvalue weighted by Gasteiger charge is 2.71. The van der Waals surface area contributed by atoms with Gasteiger partial charge >= 0.3 is 23.5 Å². The molecular formula is C41H46N2O10. The number of fused-ring (bicyclic) bond motifs is 4. The number of benzene rings is 1. The molecule has 2 saturated carbocycles. The molecule has 0 saturated heterocycles. The number of aliphatic hydroxyl groups is 1. The number of hydrogen-bond donors (Lipinski definition) is 1. The van der Waals surface area contributed by atoms with Crippen LogP contribution in [0.5, 0.6) is 5.75 Å². The second-order valence-corrected chi connectivity index (χ2v) is 15.9. The third-order valence-corrected chi connectivity index (χ3v) is 11.8. The Balaban J connectivity index is 1.50. The zero-order valence-electron chi connectivity index (χ0n) is 31.1. The number of rotatable bonds is 8. The molecule has 3 aromatic rings. The van der Waals surface area contributed by atoms with E-state index in [2.05, 4.69) is 4.98 Å². The molecule has 1 aliphatic heterocycles. The molecule has 280 valence electrons. The molecule has 8 atom stereocenters. The topological polar surface area (TPSA) is 175 Å². The molecule has 3 unspecified atom stereocenters. The van der Waals surface area contributed by atoms with Gasteiger partial charge in [-0.1, -0.05) is 41.5 Å². The second-order valence-electron chi connectivity index (χ2n) is 15.9. The largest absolute Gasteiger partial charge is 0.482 e. The zero-order chi connectivity index (χ0) is 38.5. The van der Waals surface area contributed by atoms with Crippen molar-refractivity contribution in [1.29, 1.82) is 5.26 Å². The Hall–Kier alpha value is -5.02. The molecule has 3 heterocycles. The van der Waals surface area contributed by atoms with Gasteiger partial charge < -0.3 is 28.5 Å². The number of esters is 3. The number of ether oxygens (including phenoxy) is 4. The van der Waals surface area contributed by atoms with E-state index in [1.807, 2.05) is 19.9 Å². The van der Waals surface area contributed by atoms with Crippen LogP contribution in [0.3, 0.4) is 0 Å². The molecular weight excluding hydrogens is 680 g/mol. The Morgan fingerprint density at radius 3 is 2.34 bits per heavy atom. The van der Waals surface area contributed by atoms with E-state index in [-0.39, 0.29) is 35.7 Å². The molecule has 12 nitrogen and oxygen atoms in total. The molecule has 0 radical (unpaired) electrons. The van der Waals surface area contributed by atoms with E-state index in [0.717, 1.165) is 0 Å². The van der Waals surface area contributed by atoms with Gasteiger partial charge in [-0.15, -0.1) is 0 Å². The number of carbonyl (C=O) groups is 3. The van der Waals surface area contributed by atoms with Gasteiger partial charge in [0.05, 0.1) is 35.1 Å². The van der Waals surface area contributed by atoms with Crippen LogP contribution in [0.2, 0.25) is 0 Å². The van der Waals surface area contributed by atoms with E-state index in [1.165, 1.54) is 24.3 Å². The first-order valence-electron chi connectivity index (χ1n) is 18.1. The van der Waals surface area contributed by atoms with Crippen LogP contribution >= 0.6 is 0 Å². The van der Waals surface area contributed by atoms with E-state index < -0.39 is 81.9 Å². The summed E-state index contributed by atoms with van der Waals surface area (Å²) in [5.74, 6) is -3.39. The summed E-state index contributed by atoms with van der Waals surface area (Å²) in [6, 6.07) is 13.1. The highest BCUT2D eigenvalue weighted by atomic mass is 16.6. The van der Waals surface area contributed by atoms with Crippen molar-refractivity contribution < 1.29 is 42.9 Å². The fourth-order valence-electron chi connectivity index (χ4n) is 8.93. The fraction of sp³-hybridized carbons (Fsp3) is 0.512. The highest BCUT2D eigenvalue weighted by Crippen LogP contribution is 2.67. The van der Waals surface area contributed by atoms with E-state index >= 15 is 0 Å². The van der Waals surface area contributed by atoms with Gasteiger partial charge in [-0.05, 0) is 73.9 Å². The minimum absolute atomic E-state index is 0.0551. The summed E-state index contributed by atoms with van der Waals surface area (Å²) in [6.45, 7) is 12.5. The molecule has 2 fully saturated rings. The van der Waals surface area contributed by atoms with Crippen molar-refractivity contribution in [1.82, 2.24) is 4.98 Å². The lowest BCUT2D eigenvalue weighted by atomic mass is 9.42. The lowest BCUT2D eigenvalue weighted by Gasteiger charge is -2.66. The molecule has 53 heavy (non-hydrogen) atoms. The zero-order valence-corrected chi connectivity index (χ0v) is 31.1. The molecule has 0 bridgehead atoms. The number of nitriles is 1. The summed E-state index contributed by atoms with van der Waals surface area (Å²) < 4.78 is 31.0. The maximum atomic E-state index is 13.9. The SMILES string of the molecule is CC(C)C(=O)OC[C@]1(C)C2C[C@H](OC(=O)c3ccc(C#N)cc3)[C@@]3(C)Oc4cc(-c5cccnc5)oc(=O)c4C(O)C3[C@@]2(C)CC[C@@H]1OC(=O)C(C)C. The number of pyridine rings is 1. The molecule has 0 spiro atoms. The van der Waals surface area contributed by atoms with Crippen molar-refractivity contribution in [2.75, 3.05) is 6.61 Å². The van der Waals surface area contributed by atoms with E-state index in [4.69, 9.17) is 23.4 Å². The van der Waals surface area contributed by atoms with E-state index in [0.29, 0.717) is 24.0 Å². The van der Waals surface area contributed by atoms with Crippen molar-refractivity contribution in [2.24, 2.45) is 34.5 Å². The van der Waals surface area contributed by atoms with Crippen LogP contribution < -0.4 is 10.4 Å². The molecule has 1 N–H and O–H groups in total. The predicted molar refractivity (Wildman–Crippen MR) is 190 cm³/mol. The number of nitrogens with zero attached hydrogens (tertiary/aromatic N) is 2. The van der Waals surface area contributed by atoms with Gasteiger partial charge in [-0.25, -0.2) is 9.59 Å². The van der Waals surface area contributed by atoms with Crippen LogP contribution in [-0.2, 0) is 23.8 Å². The van der Waals surface area contributed by atoms with Gasteiger partial charge in [0.25, 0.3) is 0 Å². The van der Waals surface area contributed by atoms with Crippen molar-refractivity contribution in [3.05, 3.63) is 82.0 Å². The van der Waals surface area contributed by atoms with Crippen molar-refractivity contribution >= 4 is 17.9 Å². The summed E-state index contributed by atoms with van der Waals surface area (Å²) in [4.78, 5) is 57.8. The Kier molecular flexibility index (Phi) is 10.0. The average molecular weight is 727 g/mol. The molecule has 6 rings (SSSR count). The second kappa shape index (κ2) is 14.1. The summed E-state index contributed by atoms with van der Waals surface area (Å²) in [6.07, 6.45) is 0.985. The van der Waals surface area contributed by atoms with E-state index in [1.54, 1.807) is 65.2 Å². The first-order valence-corrected chi connectivity index (χ1v) is 18.1. The van der Waals surface area contributed by atoms with Crippen molar-refractivity contribution in [3.63, 3.8) is 0 Å². The third kappa shape index (κ3) is 6.60. The van der Waals surface area contributed by atoms with E-state index in [9.17, 15) is 29.5 Å². The molecule has 3 aliphatic rings. The monoisotopic (exact) mass is 726 g/mol. The molecule has 2 aromatic heterocycles. The Bertz CT molecular complexity index is 1990. The van der Waals surface area contributed by atoms with Gasteiger partial charge in [0.1, 0.15) is 41.5 Å². The fourth-order valence-corrected chi connectivity index (χ4v) is 8.93. The quantitative estimate of drug-likeness (QED) is 0.206. The van der Waals surface area contributed by atoms with Crippen molar-refractivity contribution in [3.8, 4) is 23.1 Å². The molecule has 0 amide bonds. The minimum atomic E-state index is -1.43. The average Bonchev–Trinajstić information content (AvgIpc) is 3.12. The van der Waals surface area contributed by atoms with Crippen LogP contribution in [0.25, 0.3) is 11.3 Å². The normalized spacial score (nSPS) is 30.2. The van der Waals surface area contributed by atoms with Gasteiger partial charge in [0, 0.05) is 35.4 Å². The third-order valence-electron chi connectivity index (χ3n) is 11.8. The van der Waals surface area contributed by atoms with Crippen LogP contribution in [-0.4, -0.2) is 52.4 Å². The standard InChI is InChI=1S/C41H46N2O10/c1-22(2)35(45)49-21-40(6)29-18-31(52-37(47)25-12-10-24(19-42)11-13-25)41(7)34(39(29,5)15-14-30(40)51-36(46)23(3)4)33(44)32-28(53-41)17-27(50-38(32)48)26-9-8-16-43-20-26/h8-13,16-17,20,22-23,29-31,33-34,44H,14-15,18,21H2,1-7H3/t29?,30-,31-,33?,34?,39-,40+,41+/m0/s1. The van der Waals surface area contributed by atoms with Gasteiger partial charge in [0.15, 0.2) is 0 Å². The summed E-state index contributed by atoms with van der Waals surface area (Å²) in [7, 11) is 0. The maximum absolute atomic E-state index is 13.9. The molecule has 1 aromatic carbocycles.